The molecule has 1 aromatic heterocycles. The molecule has 0 radical (unpaired) electrons. The molecule has 130 valence electrons. The largest absolute Gasteiger partial charge is 0.506 e. The lowest BCUT2D eigenvalue weighted by atomic mass is 9.87. The number of fused-ring (bicyclic) bond motifs is 1. The Balaban J connectivity index is 1.92. The summed E-state index contributed by atoms with van der Waals surface area (Å²) in [7, 11) is 1.94. The van der Waals surface area contributed by atoms with Gasteiger partial charge in [-0.05, 0) is 48.2 Å². The van der Waals surface area contributed by atoms with Crippen molar-refractivity contribution >= 4 is 22.6 Å². The molecular formula is C20H23N3O2. The van der Waals surface area contributed by atoms with Gasteiger partial charge in [0.2, 0.25) is 0 Å². The molecule has 0 aliphatic heterocycles. The van der Waals surface area contributed by atoms with Crippen molar-refractivity contribution in [3.8, 4) is 5.75 Å². The zero-order valence-electron chi connectivity index (χ0n) is 15.2. The van der Waals surface area contributed by atoms with Gasteiger partial charge in [0.25, 0.3) is 5.91 Å². The SMILES string of the molecule is Cc1nc2cc(C(=O)Nc3cc(C(C)(C)C)ccc3O)ccc2n1C. The number of carbonyl (C=O) groups excluding carboxylic acids is 1. The molecule has 0 atom stereocenters. The Labute approximate surface area is 147 Å². The molecule has 1 amide bonds. The van der Waals surface area contributed by atoms with Gasteiger partial charge in [0.05, 0.1) is 16.7 Å². The highest BCUT2D eigenvalue weighted by atomic mass is 16.3. The Kier molecular flexibility index (Phi) is 4.03. The molecule has 5 nitrogen and oxygen atoms in total. The average molecular weight is 337 g/mol. The van der Waals surface area contributed by atoms with Crippen LogP contribution in [0.25, 0.3) is 11.0 Å². The molecule has 0 aliphatic rings. The van der Waals surface area contributed by atoms with Gasteiger partial charge in [-0.1, -0.05) is 26.8 Å². The number of carbonyl (C=O) groups is 1. The maximum absolute atomic E-state index is 12.6. The fraction of sp³-hybridized carbons (Fsp3) is 0.300. The second kappa shape index (κ2) is 5.92. The van der Waals surface area contributed by atoms with Crippen LogP contribution in [-0.2, 0) is 12.5 Å². The van der Waals surface area contributed by atoms with E-state index >= 15 is 0 Å². The first kappa shape index (κ1) is 17.0. The van der Waals surface area contributed by atoms with E-state index < -0.39 is 0 Å². The minimum Gasteiger partial charge on any atom is -0.506 e. The smallest absolute Gasteiger partial charge is 0.255 e. The van der Waals surface area contributed by atoms with Crippen LogP contribution in [-0.4, -0.2) is 20.6 Å². The maximum Gasteiger partial charge on any atom is 0.255 e. The molecule has 2 aromatic carbocycles. The first-order chi connectivity index (χ1) is 11.7. The number of anilines is 1. The van der Waals surface area contributed by atoms with Crippen LogP contribution in [0.1, 0.15) is 42.5 Å². The summed E-state index contributed by atoms with van der Waals surface area (Å²) in [6.45, 7) is 8.18. The summed E-state index contributed by atoms with van der Waals surface area (Å²) in [5.74, 6) is 0.672. The van der Waals surface area contributed by atoms with Crippen LogP contribution in [0.15, 0.2) is 36.4 Å². The fourth-order valence-corrected chi connectivity index (χ4v) is 2.76. The maximum atomic E-state index is 12.6. The molecular weight excluding hydrogens is 314 g/mol. The lowest BCUT2D eigenvalue weighted by molar-refractivity contribution is 0.102. The number of hydrogen-bond acceptors (Lipinski definition) is 3. The second-order valence-electron chi connectivity index (χ2n) is 7.36. The number of aromatic nitrogens is 2. The van der Waals surface area contributed by atoms with Gasteiger partial charge in [0, 0.05) is 12.6 Å². The molecule has 0 unspecified atom stereocenters. The highest BCUT2D eigenvalue weighted by Gasteiger charge is 2.17. The van der Waals surface area contributed by atoms with Crippen molar-refractivity contribution in [2.24, 2.45) is 7.05 Å². The third-order valence-corrected chi connectivity index (χ3v) is 4.48. The van der Waals surface area contributed by atoms with Gasteiger partial charge in [0.1, 0.15) is 11.6 Å². The second-order valence-corrected chi connectivity index (χ2v) is 7.36. The fourth-order valence-electron chi connectivity index (χ4n) is 2.76. The summed E-state index contributed by atoms with van der Waals surface area (Å²) >= 11 is 0. The number of hydrogen-bond donors (Lipinski definition) is 2. The molecule has 0 aliphatic carbocycles. The van der Waals surface area contributed by atoms with E-state index in [0.29, 0.717) is 11.3 Å². The molecule has 25 heavy (non-hydrogen) atoms. The number of rotatable bonds is 2. The van der Waals surface area contributed by atoms with Crippen molar-refractivity contribution in [2.45, 2.75) is 33.1 Å². The van der Waals surface area contributed by atoms with Crippen molar-refractivity contribution in [1.29, 1.82) is 0 Å². The Morgan fingerprint density at radius 2 is 1.88 bits per heavy atom. The molecule has 0 spiro atoms. The van der Waals surface area contributed by atoms with E-state index in [1.165, 1.54) is 0 Å². The average Bonchev–Trinajstić information content (AvgIpc) is 2.82. The van der Waals surface area contributed by atoms with Gasteiger partial charge in [-0.3, -0.25) is 4.79 Å². The van der Waals surface area contributed by atoms with Gasteiger partial charge in [-0.25, -0.2) is 4.98 Å². The summed E-state index contributed by atoms with van der Waals surface area (Å²) in [6.07, 6.45) is 0. The molecule has 1 heterocycles. The lowest BCUT2D eigenvalue weighted by Crippen LogP contribution is -2.15. The number of nitrogens with zero attached hydrogens (tertiary/aromatic N) is 2. The summed E-state index contributed by atoms with van der Waals surface area (Å²) < 4.78 is 1.98. The van der Waals surface area contributed by atoms with E-state index in [1.54, 1.807) is 18.2 Å². The molecule has 0 fully saturated rings. The van der Waals surface area contributed by atoms with Crippen LogP contribution in [0.4, 0.5) is 5.69 Å². The van der Waals surface area contributed by atoms with Crippen LogP contribution in [0.5, 0.6) is 5.75 Å². The Hall–Kier alpha value is -2.82. The molecule has 0 bridgehead atoms. The third kappa shape index (κ3) is 3.22. The Morgan fingerprint density at radius 1 is 1.16 bits per heavy atom. The van der Waals surface area contributed by atoms with Gasteiger partial charge in [-0.15, -0.1) is 0 Å². The summed E-state index contributed by atoms with van der Waals surface area (Å²) in [5, 5.41) is 12.9. The monoisotopic (exact) mass is 337 g/mol. The standard InChI is InChI=1S/C20H23N3O2/c1-12-21-15-10-13(6-8-17(15)23(12)5)19(25)22-16-11-14(20(2,3)4)7-9-18(16)24/h6-11,24H,1-5H3,(H,22,25). The molecule has 3 rings (SSSR count). The number of phenolic OH excluding ortho intramolecular Hbond substituents is 1. The Bertz CT molecular complexity index is 965. The van der Waals surface area contributed by atoms with Crippen molar-refractivity contribution < 1.29 is 9.90 Å². The van der Waals surface area contributed by atoms with Crippen LogP contribution in [0.2, 0.25) is 0 Å². The minimum atomic E-state index is -0.272. The summed E-state index contributed by atoms with van der Waals surface area (Å²) in [5.41, 5.74) is 3.64. The number of amides is 1. The predicted octanol–water partition coefficient (Wildman–Crippen LogP) is 4.14. The summed E-state index contributed by atoms with van der Waals surface area (Å²) in [6, 6.07) is 10.7. The number of phenols is 1. The third-order valence-electron chi connectivity index (χ3n) is 4.48. The quantitative estimate of drug-likeness (QED) is 0.691. The minimum absolute atomic E-state index is 0.0520. The van der Waals surface area contributed by atoms with Crippen molar-refractivity contribution in [1.82, 2.24) is 9.55 Å². The van der Waals surface area contributed by atoms with E-state index in [1.807, 2.05) is 36.7 Å². The van der Waals surface area contributed by atoms with E-state index in [0.717, 1.165) is 22.4 Å². The van der Waals surface area contributed by atoms with E-state index in [9.17, 15) is 9.90 Å². The number of imidazole rings is 1. The molecule has 2 N–H and O–H groups in total. The van der Waals surface area contributed by atoms with Crippen LogP contribution in [0, 0.1) is 6.92 Å². The molecule has 0 saturated heterocycles. The molecule has 3 aromatic rings. The van der Waals surface area contributed by atoms with Crippen LogP contribution >= 0.6 is 0 Å². The van der Waals surface area contributed by atoms with Gasteiger partial charge in [-0.2, -0.15) is 0 Å². The zero-order valence-corrected chi connectivity index (χ0v) is 15.2. The van der Waals surface area contributed by atoms with Gasteiger partial charge >= 0.3 is 0 Å². The number of aromatic hydroxyl groups is 1. The molecule has 5 heteroatoms. The topological polar surface area (TPSA) is 67.2 Å². The van der Waals surface area contributed by atoms with Gasteiger partial charge in [0.15, 0.2) is 0 Å². The molecule has 0 saturated carbocycles. The number of aryl methyl sites for hydroxylation is 2. The first-order valence-corrected chi connectivity index (χ1v) is 8.25. The van der Waals surface area contributed by atoms with E-state index in [2.05, 4.69) is 31.1 Å². The van der Waals surface area contributed by atoms with E-state index in [-0.39, 0.29) is 17.1 Å². The normalized spacial score (nSPS) is 11.7. The first-order valence-electron chi connectivity index (χ1n) is 8.25. The zero-order chi connectivity index (χ0) is 18.4. The predicted molar refractivity (Wildman–Crippen MR) is 100 cm³/mol. The summed E-state index contributed by atoms with van der Waals surface area (Å²) in [4.78, 5) is 17.1. The number of benzene rings is 2. The number of nitrogens with one attached hydrogen (secondary N) is 1. The Morgan fingerprint density at radius 3 is 2.56 bits per heavy atom. The highest BCUT2D eigenvalue weighted by Crippen LogP contribution is 2.31. The van der Waals surface area contributed by atoms with Crippen molar-refractivity contribution in [2.75, 3.05) is 5.32 Å². The lowest BCUT2D eigenvalue weighted by Gasteiger charge is -2.20. The van der Waals surface area contributed by atoms with Crippen LogP contribution < -0.4 is 5.32 Å². The van der Waals surface area contributed by atoms with Crippen LogP contribution in [0.3, 0.4) is 0 Å². The van der Waals surface area contributed by atoms with Gasteiger partial charge < -0.3 is 15.0 Å². The van der Waals surface area contributed by atoms with Crippen molar-refractivity contribution in [3.63, 3.8) is 0 Å². The van der Waals surface area contributed by atoms with E-state index in [4.69, 9.17) is 0 Å². The highest BCUT2D eigenvalue weighted by molar-refractivity contribution is 6.06. The van der Waals surface area contributed by atoms with Crippen molar-refractivity contribution in [3.05, 3.63) is 53.3 Å².